The van der Waals surface area contributed by atoms with Crippen LogP contribution in [0.5, 0.6) is 5.75 Å². The third kappa shape index (κ3) is 6.60. The molecule has 3 rings (SSSR count). The molecule has 0 spiro atoms. The van der Waals surface area contributed by atoms with E-state index >= 15 is 0 Å². The van der Waals surface area contributed by atoms with Crippen LogP contribution in [0.15, 0.2) is 23.3 Å². The van der Waals surface area contributed by atoms with Gasteiger partial charge in [-0.15, -0.1) is 0 Å². The van der Waals surface area contributed by atoms with Gasteiger partial charge in [0, 0.05) is 25.2 Å². The van der Waals surface area contributed by atoms with Crippen molar-refractivity contribution in [1.82, 2.24) is 0 Å². The van der Waals surface area contributed by atoms with Crippen molar-refractivity contribution in [2.24, 2.45) is 28.8 Å². The highest BCUT2D eigenvalue weighted by Gasteiger charge is 2.41. The highest BCUT2D eigenvalue weighted by molar-refractivity contribution is 5.75. The van der Waals surface area contributed by atoms with E-state index in [4.69, 9.17) is 14.2 Å². The number of hydrogen-bond donors (Lipinski definition) is 1. The number of azide groups is 1. The van der Waals surface area contributed by atoms with Crippen LogP contribution in [0, 0.1) is 23.7 Å². The van der Waals surface area contributed by atoms with E-state index in [1.807, 2.05) is 32.0 Å². The molecular weight excluding hydrogens is 448 g/mol. The number of carbonyl (C=O) groups excluding carboxylic acids is 1. The van der Waals surface area contributed by atoms with Crippen LogP contribution >= 0.6 is 0 Å². The number of ether oxygens (including phenoxy) is 3. The van der Waals surface area contributed by atoms with Gasteiger partial charge in [-0.3, -0.25) is 4.79 Å². The second-order valence-electron chi connectivity index (χ2n) is 10.3. The monoisotopic (exact) mass is 488 g/mol. The van der Waals surface area contributed by atoms with Crippen LogP contribution in [-0.4, -0.2) is 56.6 Å². The third-order valence-electron chi connectivity index (χ3n) is 7.33. The highest BCUT2D eigenvalue weighted by atomic mass is 16.6. The van der Waals surface area contributed by atoms with Crippen molar-refractivity contribution in [3.05, 3.63) is 34.2 Å². The van der Waals surface area contributed by atoms with E-state index in [9.17, 15) is 15.4 Å². The first kappa shape index (κ1) is 27.1. The molecule has 9 nitrogen and oxygen atoms in total. The maximum Gasteiger partial charge on any atom is 0.309 e. The zero-order chi connectivity index (χ0) is 25.5. The lowest BCUT2D eigenvalue weighted by Crippen LogP contribution is -2.34. The van der Waals surface area contributed by atoms with Crippen LogP contribution in [0.2, 0.25) is 0 Å². The predicted octanol–water partition coefficient (Wildman–Crippen LogP) is 4.88. The number of esters is 1. The van der Waals surface area contributed by atoms with E-state index in [1.54, 1.807) is 7.11 Å². The lowest BCUT2D eigenvalue weighted by Gasteiger charge is -2.34. The molecule has 0 aliphatic carbocycles. The molecule has 0 bridgehead atoms. The number of fused-ring (bicyclic) bond motifs is 1. The molecule has 0 radical (unpaired) electrons. The Labute approximate surface area is 208 Å². The van der Waals surface area contributed by atoms with E-state index in [-0.39, 0.29) is 29.6 Å². The van der Waals surface area contributed by atoms with E-state index in [0.717, 1.165) is 36.5 Å². The fourth-order valence-electron chi connectivity index (χ4n) is 5.15. The first-order valence-electron chi connectivity index (χ1n) is 12.7. The van der Waals surface area contributed by atoms with Crippen LogP contribution in [-0.2, 0) is 14.3 Å². The molecule has 0 aromatic heterocycles. The Balaban J connectivity index is 1.80. The molecule has 194 valence electrons. The molecule has 2 aliphatic rings. The molecule has 5 atom stereocenters. The normalized spacial score (nSPS) is 22.3. The topological polar surface area (TPSA) is 117 Å². The van der Waals surface area contributed by atoms with Crippen molar-refractivity contribution in [1.29, 1.82) is 0 Å². The molecule has 2 aliphatic heterocycles. The van der Waals surface area contributed by atoms with Gasteiger partial charge in [0.15, 0.2) is 0 Å². The van der Waals surface area contributed by atoms with Gasteiger partial charge >= 0.3 is 5.97 Å². The fraction of sp³-hybridized carbons (Fsp3) is 0.731. The Morgan fingerprint density at radius 1 is 1.31 bits per heavy atom. The zero-order valence-corrected chi connectivity index (χ0v) is 21.6. The summed E-state index contributed by atoms with van der Waals surface area (Å²) in [5.41, 5.74) is 11.0. The Morgan fingerprint density at radius 3 is 2.71 bits per heavy atom. The minimum absolute atomic E-state index is 0.115. The smallest absolute Gasteiger partial charge is 0.309 e. The van der Waals surface area contributed by atoms with Gasteiger partial charge in [0.1, 0.15) is 18.5 Å². The van der Waals surface area contributed by atoms with Gasteiger partial charge in [0.25, 0.3) is 0 Å². The molecule has 2 heterocycles. The van der Waals surface area contributed by atoms with Gasteiger partial charge < -0.3 is 24.2 Å². The van der Waals surface area contributed by atoms with Gasteiger partial charge in [-0.25, -0.2) is 0 Å². The minimum atomic E-state index is -0.766. The lowest BCUT2D eigenvalue weighted by atomic mass is 9.80. The number of nitrogens with zero attached hydrogens (tertiary/aromatic N) is 4. The predicted molar refractivity (Wildman–Crippen MR) is 134 cm³/mol. The number of aliphatic hydroxyl groups is 1. The summed E-state index contributed by atoms with van der Waals surface area (Å²) in [5, 5.41) is 15.5. The molecule has 0 amide bonds. The Kier molecular flexibility index (Phi) is 9.66. The first-order valence-corrected chi connectivity index (χ1v) is 12.7. The largest absolute Gasteiger partial charge is 0.490 e. The molecule has 9 heteroatoms. The molecule has 1 aromatic rings. The van der Waals surface area contributed by atoms with Gasteiger partial charge in [0.2, 0.25) is 0 Å². The highest BCUT2D eigenvalue weighted by Crippen LogP contribution is 2.40. The number of methoxy groups -OCH3 is 1. The molecule has 1 unspecified atom stereocenters. The van der Waals surface area contributed by atoms with Crippen molar-refractivity contribution >= 4 is 11.7 Å². The molecular formula is C26H40N4O5. The maximum absolute atomic E-state index is 12.3. The zero-order valence-electron chi connectivity index (χ0n) is 21.6. The number of benzene rings is 1. The van der Waals surface area contributed by atoms with Crippen LogP contribution in [0.4, 0.5) is 5.69 Å². The van der Waals surface area contributed by atoms with Gasteiger partial charge in [-0.05, 0) is 60.2 Å². The Morgan fingerprint density at radius 2 is 2.09 bits per heavy atom. The second-order valence-corrected chi connectivity index (χ2v) is 10.3. The molecule has 1 aromatic carbocycles. The first-order chi connectivity index (χ1) is 16.8. The van der Waals surface area contributed by atoms with E-state index in [0.29, 0.717) is 26.1 Å². The van der Waals surface area contributed by atoms with Crippen LogP contribution < -0.4 is 9.64 Å². The third-order valence-corrected chi connectivity index (χ3v) is 7.33. The van der Waals surface area contributed by atoms with Crippen LogP contribution in [0.1, 0.15) is 58.6 Å². The average Bonchev–Trinajstić information content (AvgIpc) is 3.23. The summed E-state index contributed by atoms with van der Waals surface area (Å²) < 4.78 is 16.7. The number of anilines is 1. The molecule has 0 saturated carbocycles. The fourth-order valence-corrected chi connectivity index (χ4v) is 5.15. The van der Waals surface area contributed by atoms with E-state index in [2.05, 4.69) is 28.8 Å². The summed E-state index contributed by atoms with van der Waals surface area (Å²) in [5.74, 6) is 0.485. The summed E-state index contributed by atoms with van der Waals surface area (Å²) in [6.45, 7) is 11.0. The quantitative estimate of drug-likeness (QED) is 0.147. The van der Waals surface area contributed by atoms with E-state index < -0.39 is 18.2 Å². The van der Waals surface area contributed by atoms with Gasteiger partial charge in [-0.2, -0.15) is 0 Å². The molecule has 1 saturated heterocycles. The van der Waals surface area contributed by atoms with Crippen LogP contribution in [0.3, 0.4) is 0 Å². The number of hydrogen-bond acceptors (Lipinski definition) is 7. The minimum Gasteiger partial charge on any atom is -0.490 e. The summed E-state index contributed by atoms with van der Waals surface area (Å²) in [6, 6.07) is 5.31. The van der Waals surface area contributed by atoms with Crippen molar-refractivity contribution in [3.8, 4) is 5.75 Å². The van der Waals surface area contributed by atoms with E-state index in [1.165, 1.54) is 0 Å². The van der Waals surface area contributed by atoms with Crippen molar-refractivity contribution in [3.63, 3.8) is 0 Å². The standard InChI is InChI=1S/C26H40N4O5/c1-16(2)19(14-21(28-29-27)24-15-20(17(3)4)26(32)35-24)25(31)18-7-8-23-22(13-18)30(10-12-34-23)9-6-11-33-5/h7-8,13,16-17,19-21,24-25,31H,6,9-12,14-15H2,1-5H3/t19-,20-,21-,24-,25?/m0/s1. The molecule has 1 fully saturated rings. The lowest BCUT2D eigenvalue weighted by molar-refractivity contribution is -0.146. The molecule has 1 N–H and O–H groups in total. The Hall–Kier alpha value is -2.48. The Bertz CT molecular complexity index is 902. The van der Waals surface area contributed by atoms with Gasteiger partial charge in [0.05, 0.1) is 30.3 Å². The second kappa shape index (κ2) is 12.5. The number of rotatable bonds is 12. The summed E-state index contributed by atoms with van der Waals surface area (Å²) >= 11 is 0. The summed E-state index contributed by atoms with van der Waals surface area (Å²) in [7, 11) is 1.70. The van der Waals surface area contributed by atoms with Crippen molar-refractivity contribution in [2.45, 2.75) is 65.2 Å². The number of carbonyl (C=O) groups is 1. The number of aliphatic hydroxyl groups excluding tert-OH is 1. The summed E-state index contributed by atoms with van der Waals surface area (Å²) in [6.07, 6.45) is 0.637. The van der Waals surface area contributed by atoms with Crippen molar-refractivity contribution in [2.75, 3.05) is 38.3 Å². The van der Waals surface area contributed by atoms with Crippen molar-refractivity contribution < 1.29 is 24.1 Å². The summed E-state index contributed by atoms with van der Waals surface area (Å²) in [4.78, 5) is 17.7. The van der Waals surface area contributed by atoms with Gasteiger partial charge in [-0.1, -0.05) is 38.9 Å². The maximum atomic E-state index is 12.3. The number of cyclic esters (lactones) is 1. The average molecular weight is 489 g/mol. The van der Waals surface area contributed by atoms with Crippen LogP contribution in [0.25, 0.3) is 10.4 Å². The SMILES string of the molecule is COCCCN1CCOc2ccc(C(O)[C@@H](C[C@H](N=[N+]=[N-])[C@@H]3C[C@@H](C(C)C)C(=O)O3)C(C)C)cc21. The molecule has 35 heavy (non-hydrogen) atoms.